The maximum atomic E-state index is 6.02. The van der Waals surface area contributed by atoms with Crippen LogP contribution in [0.5, 0.6) is 0 Å². The van der Waals surface area contributed by atoms with E-state index < -0.39 is 0 Å². The minimum atomic E-state index is 0.445. The molecule has 100 valence electrons. The van der Waals surface area contributed by atoms with Crippen LogP contribution in [0, 0.1) is 0 Å². The van der Waals surface area contributed by atoms with E-state index in [4.69, 9.17) is 11.6 Å². The van der Waals surface area contributed by atoms with Crippen molar-refractivity contribution in [1.82, 2.24) is 20.1 Å². The van der Waals surface area contributed by atoms with E-state index in [0.717, 1.165) is 36.7 Å². The Hall–Kier alpha value is -1.39. The first kappa shape index (κ1) is 12.6. The molecule has 1 unspecified atom stereocenters. The first-order valence-electron chi connectivity index (χ1n) is 6.58. The Morgan fingerprint density at radius 1 is 1.47 bits per heavy atom. The number of hydrogen-bond donors (Lipinski definition) is 1. The topological polar surface area (TPSA) is 42.7 Å². The van der Waals surface area contributed by atoms with E-state index in [2.05, 4.69) is 27.6 Å². The molecule has 0 radical (unpaired) electrons. The fraction of sp³-hybridized carbons (Fsp3) is 0.429. The van der Waals surface area contributed by atoms with Crippen LogP contribution in [-0.4, -0.2) is 21.3 Å². The van der Waals surface area contributed by atoms with Crippen molar-refractivity contribution in [2.24, 2.45) is 7.05 Å². The summed E-state index contributed by atoms with van der Waals surface area (Å²) in [4.78, 5) is 0. The summed E-state index contributed by atoms with van der Waals surface area (Å²) >= 11 is 6.02. The van der Waals surface area contributed by atoms with E-state index >= 15 is 0 Å². The Morgan fingerprint density at radius 3 is 3.16 bits per heavy atom. The summed E-state index contributed by atoms with van der Waals surface area (Å²) in [6.07, 6.45) is 4.89. The van der Waals surface area contributed by atoms with E-state index in [0.29, 0.717) is 6.04 Å². The Morgan fingerprint density at radius 2 is 2.37 bits per heavy atom. The molecule has 5 heteroatoms. The van der Waals surface area contributed by atoms with Crippen LogP contribution in [0.4, 0.5) is 0 Å². The van der Waals surface area contributed by atoms with Crippen LogP contribution in [0.3, 0.4) is 0 Å². The number of aryl methyl sites for hydroxylation is 2. The molecule has 0 spiro atoms. The van der Waals surface area contributed by atoms with Crippen LogP contribution in [-0.2, 0) is 19.9 Å². The van der Waals surface area contributed by atoms with Crippen molar-refractivity contribution in [2.45, 2.75) is 25.3 Å². The van der Waals surface area contributed by atoms with Gasteiger partial charge in [0.05, 0.1) is 0 Å². The first-order chi connectivity index (χ1) is 9.24. The second-order valence-electron chi connectivity index (χ2n) is 5.00. The zero-order chi connectivity index (χ0) is 13.2. The quantitative estimate of drug-likeness (QED) is 0.932. The third kappa shape index (κ3) is 2.65. The summed E-state index contributed by atoms with van der Waals surface area (Å²) in [6, 6.07) is 6.65. The van der Waals surface area contributed by atoms with Crippen molar-refractivity contribution in [3.8, 4) is 0 Å². The highest BCUT2D eigenvalue weighted by molar-refractivity contribution is 6.30. The normalized spacial score (nSPS) is 17.7. The highest BCUT2D eigenvalue weighted by Gasteiger charge is 2.21. The number of fused-ring (bicyclic) bond motifs is 1. The third-order valence-corrected chi connectivity index (χ3v) is 3.96. The molecule has 0 fully saturated rings. The molecule has 0 saturated carbocycles. The predicted octanol–water partition coefficient (Wildman–Crippen LogP) is 2.29. The molecule has 19 heavy (non-hydrogen) atoms. The number of nitrogens with one attached hydrogen (secondary N) is 1. The summed E-state index contributed by atoms with van der Waals surface area (Å²) in [5, 5.41) is 12.4. The van der Waals surface area contributed by atoms with Gasteiger partial charge in [-0.3, -0.25) is 0 Å². The Kier molecular flexibility index (Phi) is 3.53. The Balaban J connectivity index is 1.60. The number of hydrogen-bond acceptors (Lipinski definition) is 3. The zero-order valence-electron chi connectivity index (χ0n) is 10.9. The number of nitrogens with zero attached hydrogens (tertiary/aromatic N) is 3. The van der Waals surface area contributed by atoms with Crippen molar-refractivity contribution >= 4 is 11.6 Å². The van der Waals surface area contributed by atoms with Crippen molar-refractivity contribution in [2.75, 3.05) is 6.54 Å². The molecular formula is C14H17ClN4. The number of rotatable bonds is 4. The van der Waals surface area contributed by atoms with E-state index in [9.17, 15) is 0 Å². The summed E-state index contributed by atoms with van der Waals surface area (Å²) in [6.45, 7) is 0.916. The highest BCUT2D eigenvalue weighted by atomic mass is 35.5. The predicted molar refractivity (Wildman–Crippen MR) is 75.2 cm³/mol. The molecule has 3 rings (SSSR count). The number of aromatic nitrogens is 3. The molecule has 0 bridgehead atoms. The van der Waals surface area contributed by atoms with Gasteiger partial charge in [-0.1, -0.05) is 17.7 Å². The van der Waals surface area contributed by atoms with Gasteiger partial charge in [-0.15, -0.1) is 10.2 Å². The van der Waals surface area contributed by atoms with Gasteiger partial charge in [0.1, 0.15) is 12.2 Å². The maximum Gasteiger partial charge on any atom is 0.133 e. The van der Waals surface area contributed by atoms with Gasteiger partial charge in [-0.05, 0) is 36.1 Å². The molecule has 1 atom stereocenters. The molecular weight excluding hydrogens is 260 g/mol. The number of halogens is 1. The SMILES string of the molecule is Cn1cnnc1CCNC1CCc2cc(Cl)ccc21. The minimum absolute atomic E-state index is 0.445. The number of benzene rings is 1. The third-order valence-electron chi connectivity index (χ3n) is 3.73. The minimum Gasteiger partial charge on any atom is -0.321 e. The van der Waals surface area contributed by atoms with Crippen LogP contribution in [0.1, 0.15) is 29.4 Å². The summed E-state index contributed by atoms with van der Waals surface area (Å²) in [7, 11) is 1.97. The second kappa shape index (κ2) is 5.31. The van der Waals surface area contributed by atoms with Crippen LogP contribution in [0.15, 0.2) is 24.5 Å². The van der Waals surface area contributed by atoms with E-state index in [1.165, 1.54) is 11.1 Å². The molecule has 0 amide bonds. The molecule has 2 aromatic rings. The molecule has 1 aliphatic rings. The van der Waals surface area contributed by atoms with Gasteiger partial charge in [0, 0.05) is 31.1 Å². The summed E-state index contributed by atoms with van der Waals surface area (Å²) in [5.41, 5.74) is 2.77. The lowest BCUT2D eigenvalue weighted by atomic mass is 10.1. The fourth-order valence-corrected chi connectivity index (χ4v) is 2.88. The van der Waals surface area contributed by atoms with Crippen LogP contribution in [0.2, 0.25) is 5.02 Å². The van der Waals surface area contributed by atoms with Gasteiger partial charge in [0.25, 0.3) is 0 Å². The van der Waals surface area contributed by atoms with Crippen molar-refractivity contribution in [3.05, 3.63) is 46.5 Å². The van der Waals surface area contributed by atoms with Crippen LogP contribution >= 0.6 is 11.6 Å². The van der Waals surface area contributed by atoms with Gasteiger partial charge in [0.15, 0.2) is 0 Å². The molecule has 1 aromatic carbocycles. The van der Waals surface area contributed by atoms with Crippen LogP contribution in [0.25, 0.3) is 0 Å². The van der Waals surface area contributed by atoms with Gasteiger partial charge in [-0.2, -0.15) is 0 Å². The molecule has 0 saturated heterocycles. The van der Waals surface area contributed by atoms with Gasteiger partial charge in [0.2, 0.25) is 0 Å². The largest absolute Gasteiger partial charge is 0.321 e. The summed E-state index contributed by atoms with van der Waals surface area (Å²) < 4.78 is 1.96. The fourth-order valence-electron chi connectivity index (χ4n) is 2.69. The lowest BCUT2D eigenvalue weighted by molar-refractivity contribution is 0.526. The maximum absolute atomic E-state index is 6.02. The Bertz CT molecular complexity index is 579. The molecule has 1 aliphatic carbocycles. The Labute approximate surface area is 117 Å². The molecule has 1 heterocycles. The van der Waals surface area contributed by atoms with E-state index in [1.54, 1.807) is 6.33 Å². The first-order valence-corrected chi connectivity index (χ1v) is 6.96. The molecule has 1 N–H and O–H groups in total. The smallest absolute Gasteiger partial charge is 0.133 e. The van der Waals surface area contributed by atoms with Gasteiger partial charge >= 0.3 is 0 Å². The van der Waals surface area contributed by atoms with Crippen molar-refractivity contribution < 1.29 is 0 Å². The van der Waals surface area contributed by atoms with Gasteiger partial charge < -0.3 is 9.88 Å². The lowest BCUT2D eigenvalue weighted by Crippen LogP contribution is -2.22. The molecule has 1 aromatic heterocycles. The standard InChI is InChI=1S/C14H17ClN4/c1-19-9-17-18-14(19)6-7-16-13-5-2-10-8-11(15)3-4-12(10)13/h3-4,8-9,13,16H,2,5-7H2,1H3. The van der Waals surface area contributed by atoms with Crippen molar-refractivity contribution in [1.29, 1.82) is 0 Å². The summed E-state index contributed by atoms with van der Waals surface area (Å²) in [5.74, 6) is 1.02. The second-order valence-corrected chi connectivity index (χ2v) is 5.43. The van der Waals surface area contributed by atoms with E-state index in [1.807, 2.05) is 17.7 Å². The zero-order valence-corrected chi connectivity index (χ0v) is 11.7. The monoisotopic (exact) mass is 276 g/mol. The van der Waals surface area contributed by atoms with Crippen molar-refractivity contribution in [3.63, 3.8) is 0 Å². The molecule has 0 aliphatic heterocycles. The average molecular weight is 277 g/mol. The van der Waals surface area contributed by atoms with Gasteiger partial charge in [-0.25, -0.2) is 0 Å². The lowest BCUT2D eigenvalue weighted by Gasteiger charge is -2.13. The highest BCUT2D eigenvalue weighted by Crippen LogP contribution is 2.32. The van der Waals surface area contributed by atoms with E-state index in [-0.39, 0.29) is 0 Å². The average Bonchev–Trinajstić information content (AvgIpc) is 2.97. The van der Waals surface area contributed by atoms with Crippen LogP contribution < -0.4 is 5.32 Å². The molecule has 4 nitrogen and oxygen atoms in total.